The van der Waals surface area contributed by atoms with Crippen molar-refractivity contribution < 1.29 is 9.47 Å². The van der Waals surface area contributed by atoms with Gasteiger partial charge in [0.2, 0.25) is 5.95 Å². The van der Waals surface area contributed by atoms with E-state index in [1.807, 2.05) is 12.1 Å². The number of nitrogens with one attached hydrogen (secondary N) is 1. The zero-order valence-electron chi connectivity index (χ0n) is 12.7. The van der Waals surface area contributed by atoms with E-state index in [1.165, 1.54) is 5.56 Å². The number of ether oxygens (including phenoxy) is 2. The summed E-state index contributed by atoms with van der Waals surface area (Å²) in [6.07, 6.45) is 4.41. The highest BCUT2D eigenvalue weighted by Crippen LogP contribution is 2.28. The van der Waals surface area contributed by atoms with E-state index in [9.17, 15) is 0 Å². The van der Waals surface area contributed by atoms with Crippen molar-refractivity contribution in [3.8, 4) is 11.5 Å². The zero-order chi connectivity index (χ0) is 15.1. The normalized spacial score (nSPS) is 11.8. The topological polar surface area (TPSA) is 56.3 Å². The van der Waals surface area contributed by atoms with E-state index in [2.05, 4.69) is 28.3 Å². The van der Waals surface area contributed by atoms with Crippen molar-refractivity contribution in [2.45, 2.75) is 13.3 Å². The molecule has 1 aromatic heterocycles. The highest BCUT2D eigenvalue weighted by Gasteiger charge is 2.08. The van der Waals surface area contributed by atoms with Gasteiger partial charge in [-0.3, -0.25) is 0 Å². The SMILES string of the molecule is COc1ccc(CC(C)CNc2ncccn2)cc1OC. The molecular weight excluding hydrogens is 266 g/mol. The Hall–Kier alpha value is -2.30. The van der Waals surface area contributed by atoms with Crippen LogP contribution in [-0.2, 0) is 6.42 Å². The average Bonchev–Trinajstić information content (AvgIpc) is 2.53. The van der Waals surface area contributed by atoms with Crippen LogP contribution in [0.3, 0.4) is 0 Å². The minimum Gasteiger partial charge on any atom is -0.493 e. The van der Waals surface area contributed by atoms with E-state index in [0.29, 0.717) is 11.9 Å². The first-order valence-corrected chi connectivity index (χ1v) is 6.94. The molecule has 1 N–H and O–H groups in total. The molecule has 0 saturated heterocycles. The summed E-state index contributed by atoms with van der Waals surface area (Å²) in [4.78, 5) is 8.30. The van der Waals surface area contributed by atoms with Gasteiger partial charge in [0.25, 0.3) is 0 Å². The molecule has 0 amide bonds. The summed E-state index contributed by atoms with van der Waals surface area (Å²) in [7, 11) is 3.29. The first-order valence-electron chi connectivity index (χ1n) is 6.94. The van der Waals surface area contributed by atoms with Gasteiger partial charge < -0.3 is 14.8 Å². The van der Waals surface area contributed by atoms with Crippen LogP contribution in [0.2, 0.25) is 0 Å². The molecule has 5 heteroatoms. The maximum absolute atomic E-state index is 5.33. The number of methoxy groups -OCH3 is 2. The van der Waals surface area contributed by atoms with Crippen molar-refractivity contribution in [1.82, 2.24) is 9.97 Å². The Kier molecular flexibility index (Phi) is 5.37. The smallest absolute Gasteiger partial charge is 0.222 e. The van der Waals surface area contributed by atoms with E-state index in [0.717, 1.165) is 24.5 Å². The van der Waals surface area contributed by atoms with Crippen LogP contribution in [0.1, 0.15) is 12.5 Å². The summed E-state index contributed by atoms with van der Waals surface area (Å²) >= 11 is 0. The number of hydrogen-bond donors (Lipinski definition) is 1. The lowest BCUT2D eigenvalue weighted by Crippen LogP contribution is -2.15. The Morgan fingerprint density at radius 3 is 2.48 bits per heavy atom. The van der Waals surface area contributed by atoms with Gasteiger partial charge in [0.1, 0.15) is 0 Å². The van der Waals surface area contributed by atoms with Crippen LogP contribution < -0.4 is 14.8 Å². The summed E-state index contributed by atoms with van der Waals surface area (Å²) in [6.45, 7) is 3.00. The molecule has 1 heterocycles. The van der Waals surface area contributed by atoms with E-state index in [4.69, 9.17) is 9.47 Å². The van der Waals surface area contributed by atoms with E-state index in [1.54, 1.807) is 32.7 Å². The average molecular weight is 287 g/mol. The van der Waals surface area contributed by atoms with Crippen molar-refractivity contribution in [2.75, 3.05) is 26.1 Å². The molecule has 0 aliphatic heterocycles. The highest BCUT2D eigenvalue weighted by atomic mass is 16.5. The maximum atomic E-state index is 5.33. The third-order valence-corrected chi connectivity index (χ3v) is 3.21. The fraction of sp³-hybridized carbons (Fsp3) is 0.375. The molecule has 5 nitrogen and oxygen atoms in total. The van der Waals surface area contributed by atoms with E-state index < -0.39 is 0 Å². The fourth-order valence-corrected chi connectivity index (χ4v) is 2.14. The van der Waals surface area contributed by atoms with Crippen molar-refractivity contribution in [2.24, 2.45) is 5.92 Å². The molecule has 0 radical (unpaired) electrons. The molecule has 0 saturated carbocycles. The third-order valence-electron chi connectivity index (χ3n) is 3.21. The molecule has 0 fully saturated rings. The molecule has 21 heavy (non-hydrogen) atoms. The summed E-state index contributed by atoms with van der Waals surface area (Å²) in [5.74, 6) is 2.63. The van der Waals surface area contributed by atoms with Crippen LogP contribution in [0.15, 0.2) is 36.7 Å². The lowest BCUT2D eigenvalue weighted by Gasteiger charge is -2.14. The number of anilines is 1. The van der Waals surface area contributed by atoms with Gasteiger partial charge in [0.15, 0.2) is 11.5 Å². The zero-order valence-corrected chi connectivity index (χ0v) is 12.7. The monoisotopic (exact) mass is 287 g/mol. The molecule has 0 bridgehead atoms. The second-order valence-electron chi connectivity index (χ2n) is 4.95. The molecule has 2 rings (SSSR count). The highest BCUT2D eigenvalue weighted by molar-refractivity contribution is 5.43. The van der Waals surface area contributed by atoms with Crippen LogP contribution in [-0.4, -0.2) is 30.7 Å². The van der Waals surface area contributed by atoms with Crippen molar-refractivity contribution >= 4 is 5.95 Å². The predicted molar refractivity (Wildman–Crippen MR) is 82.9 cm³/mol. The van der Waals surface area contributed by atoms with Crippen LogP contribution in [0.5, 0.6) is 11.5 Å². The lowest BCUT2D eigenvalue weighted by molar-refractivity contribution is 0.354. The van der Waals surface area contributed by atoms with E-state index >= 15 is 0 Å². The Bertz CT molecular complexity index is 561. The number of hydrogen-bond acceptors (Lipinski definition) is 5. The van der Waals surface area contributed by atoms with Gasteiger partial charge in [-0.25, -0.2) is 9.97 Å². The Balaban J connectivity index is 1.91. The van der Waals surface area contributed by atoms with Gasteiger partial charge in [-0.1, -0.05) is 13.0 Å². The van der Waals surface area contributed by atoms with Gasteiger partial charge in [-0.15, -0.1) is 0 Å². The lowest BCUT2D eigenvalue weighted by atomic mass is 10.0. The molecule has 1 unspecified atom stereocenters. The molecule has 2 aromatic rings. The van der Waals surface area contributed by atoms with Crippen LogP contribution in [0, 0.1) is 5.92 Å². The quantitative estimate of drug-likeness (QED) is 0.848. The Labute approximate surface area is 125 Å². The fourth-order valence-electron chi connectivity index (χ4n) is 2.14. The molecule has 1 aromatic carbocycles. The van der Waals surface area contributed by atoms with Crippen molar-refractivity contribution in [3.63, 3.8) is 0 Å². The summed E-state index contributed by atoms with van der Waals surface area (Å²) in [5.41, 5.74) is 1.22. The molecular formula is C16H21N3O2. The van der Waals surface area contributed by atoms with Gasteiger partial charge in [-0.2, -0.15) is 0 Å². The van der Waals surface area contributed by atoms with E-state index in [-0.39, 0.29) is 0 Å². The first-order chi connectivity index (χ1) is 10.2. The van der Waals surface area contributed by atoms with Crippen LogP contribution >= 0.6 is 0 Å². The second kappa shape index (κ2) is 7.47. The molecule has 112 valence electrons. The van der Waals surface area contributed by atoms with Crippen LogP contribution in [0.4, 0.5) is 5.95 Å². The second-order valence-corrected chi connectivity index (χ2v) is 4.95. The third kappa shape index (κ3) is 4.34. The Morgan fingerprint density at radius 2 is 1.81 bits per heavy atom. The largest absolute Gasteiger partial charge is 0.493 e. The Morgan fingerprint density at radius 1 is 1.10 bits per heavy atom. The molecule has 0 spiro atoms. The summed E-state index contributed by atoms with van der Waals surface area (Å²) in [5, 5.41) is 3.24. The maximum Gasteiger partial charge on any atom is 0.222 e. The van der Waals surface area contributed by atoms with Crippen molar-refractivity contribution in [3.05, 3.63) is 42.2 Å². The number of aromatic nitrogens is 2. The van der Waals surface area contributed by atoms with Gasteiger partial charge in [0.05, 0.1) is 14.2 Å². The number of nitrogens with zero attached hydrogens (tertiary/aromatic N) is 2. The molecule has 0 aliphatic rings. The van der Waals surface area contributed by atoms with Gasteiger partial charge in [0, 0.05) is 18.9 Å². The minimum absolute atomic E-state index is 0.451. The number of benzene rings is 1. The number of rotatable bonds is 7. The van der Waals surface area contributed by atoms with Crippen LogP contribution in [0.25, 0.3) is 0 Å². The van der Waals surface area contributed by atoms with Gasteiger partial charge >= 0.3 is 0 Å². The summed E-state index contributed by atoms with van der Waals surface area (Å²) < 4.78 is 10.6. The summed E-state index contributed by atoms with van der Waals surface area (Å²) in [6, 6.07) is 7.83. The van der Waals surface area contributed by atoms with Crippen molar-refractivity contribution in [1.29, 1.82) is 0 Å². The minimum atomic E-state index is 0.451. The van der Waals surface area contributed by atoms with Gasteiger partial charge in [-0.05, 0) is 36.1 Å². The first kappa shape index (κ1) is 15.1. The molecule has 0 aliphatic carbocycles. The molecule has 1 atom stereocenters. The predicted octanol–water partition coefficient (Wildman–Crippen LogP) is 2.78. The standard InChI is InChI=1S/C16H21N3O2/c1-12(11-19-16-17-7-4-8-18-16)9-13-5-6-14(20-2)15(10-13)21-3/h4-8,10,12H,9,11H2,1-3H3,(H,17,18,19).